The van der Waals surface area contributed by atoms with Crippen LogP contribution in [0.5, 0.6) is 0 Å². The maximum atomic E-state index is 12.2. The average molecular weight is 417 g/mol. The molecule has 1 aromatic carbocycles. The van der Waals surface area contributed by atoms with Crippen molar-refractivity contribution in [1.82, 2.24) is 9.97 Å². The topological polar surface area (TPSA) is 77.8 Å². The Kier molecular flexibility index (Phi) is 3.53. The number of thiophene rings is 1. The molecule has 20 heavy (non-hydrogen) atoms. The highest BCUT2D eigenvalue weighted by molar-refractivity contribution is 9.11. The molecule has 0 aliphatic carbocycles. The van der Waals surface area contributed by atoms with Gasteiger partial charge in [-0.15, -0.1) is 11.3 Å². The molecule has 1 amide bonds. The first-order valence-electron chi connectivity index (χ1n) is 5.50. The first kappa shape index (κ1) is 13.6. The van der Waals surface area contributed by atoms with Crippen LogP contribution in [0.15, 0.2) is 37.3 Å². The van der Waals surface area contributed by atoms with Gasteiger partial charge in [0.2, 0.25) is 0 Å². The van der Waals surface area contributed by atoms with Crippen molar-refractivity contribution in [2.24, 2.45) is 0 Å². The third-order valence-electron chi connectivity index (χ3n) is 2.68. The van der Waals surface area contributed by atoms with E-state index < -0.39 is 0 Å². The van der Waals surface area contributed by atoms with E-state index in [0.29, 0.717) is 26.1 Å². The van der Waals surface area contributed by atoms with Gasteiger partial charge in [0.1, 0.15) is 4.88 Å². The summed E-state index contributed by atoms with van der Waals surface area (Å²) in [6.07, 6.45) is 0. The molecule has 0 saturated carbocycles. The fourth-order valence-corrected chi connectivity index (χ4v) is 3.68. The second-order valence-electron chi connectivity index (χ2n) is 4.01. The Bertz CT molecular complexity index is 865. The largest absolute Gasteiger partial charge is 0.323 e. The third-order valence-corrected chi connectivity index (χ3v) is 5.17. The Morgan fingerprint density at radius 1 is 1.15 bits per heavy atom. The number of hydrogen-bond acceptors (Lipinski definition) is 3. The number of hydrogen-bond donors (Lipinski definition) is 3. The van der Waals surface area contributed by atoms with Gasteiger partial charge in [0.15, 0.2) is 0 Å². The zero-order chi connectivity index (χ0) is 14.3. The van der Waals surface area contributed by atoms with Gasteiger partial charge in [0.05, 0.1) is 16.7 Å². The molecule has 8 heteroatoms. The second-order valence-corrected chi connectivity index (χ2v) is 6.63. The van der Waals surface area contributed by atoms with E-state index in [1.807, 2.05) is 11.4 Å². The smallest absolute Gasteiger partial charge is 0.320 e. The second kappa shape index (κ2) is 5.19. The van der Waals surface area contributed by atoms with E-state index in [1.54, 1.807) is 12.1 Å². The van der Waals surface area contributed by atoms with Gasteiger partial charge in [0.25, 0.3) is 5.91 Å². The molecule has 0 aliphatic rings. The molecule has 2 aromatic heterocycles. The molecular weight excluding hydrogens is 410 g/mol. The predicted molar refractivity (Wildman–Crippen MR) is 86.6 cm³/mol. The summed E-state index contributed by atoms with van der Waals surface area (Å²) in [7, 11) is 0. The normalized spacial score (nSPS) is 10.9. The van der Waals surface area contributed by atoms with Gasteiger partial charge in [-0.2, -0.15) is 0 Å². The molecule has 5 nitrogen and oxygen atoms in total. The molecule has 0 aliphatic heterocycles. The molecule has 3 N–H and O–H groups in total. The number of imidazole rings is 1. The van der Waals surface area contributed by atoms with Gasteiger partial charge in [-0.1, -0.05) is 0 Å². The highest BCUT2D eigenvalue weighted by atomic mass is 79.9. The van der Waals surface area contributed by atoms with Crippen LogP contribution in [0.3, 0.4) is 0 Å². The lowest BCUT2D eigenvalue weighted by Crippen LogP contribution is -2.11. The first-order chi connectivity index (χ1) is 9.54. The maximum Gasteiger partial charge on any atom is 0.323 e. The predicted octanol–water partition coefficient (Wildman–Crippen LogP) is 3.70. The molecule has 3 aromatic rings. The molecule has 2 heterocycles. The zero-order valence-electron chi connectivity index (χ0n) is 9.79. The van der Waals surface area contributed by atoms with Crippen LogP contribution in [0.25, 0.3) is 11.0 Å². The number of aromatic nitrogens is 2. The van der Waals surface area contributed by atoms with Crippen LogP contribution in [-0.4, -0.2) is 15.9 Å². The summed E-state index contributed by atoms with van der Waals surface area (Å²) >= 11 is 8.06. The third kappa shape index (κ3) is 2.46. The Labute approximate surface area is 133 Å². The molecule has 102 valence electrons. The Morgan fingerprint density at radius 2 is 1.85 bits per heavy atom. The van der Waals surface area contributed by atoms with Crippen LogP contribution in [0.1, 0.15) is 9.67 Å². The Morgan fingerprint density at radius 3 is 2.50 bits per heavy atom. The fraction of sp³-hybridized carbons (Fsp3) is 0. The Balaban J connectivity index is 1.98. The minimum Gasteiger partial charge on any atom is -0.320 e. The Hall–Kier alpha value is -1.38. The molecule has 0 fully saturated rings. The summed E-state index contributed by atoms with van der Waals surface area (Å²) in [4.78, 5) is 29.3. The number of halogens is 2. The van der Waals surface area contributed by atoms with Crippen molar-refractivity contribution in [3.63, 3.8) is 0 Å². The number of carbonyl (C=O) groups is 1. The molecule has 0 unspecified atom stereocenters. The monoisotopic (exact) mass is 415 g/mol. The molecule has 0 spiro atoms. The summed E-state index contributed by atoms with van der Waals surface area (Å²) in [5, 5.41) is 4.65. The van der Waals surface area contributed by atoms with Crippen molar-refractivity contribution in [2.45, 2.75) is 0 Å². The lowest BCUT2D eigenvalue weighted by atomic mass is 10.2. The van der Waals surface area contributed by atoms with E-state index in [2.05, 4.69) is 47.1 Å². The quantitative estimate of drug-likeness (QED) is 0.595. The van der Waals surface area contributed by atoms with E-state index in [4.69, 9.17) is 0 Å². The molecule has 0 bridgehead atoms. The standard InChI is InChI=1S/C12H7Br2N3O2S/c13-5-1-2-20-10(5)11(18)15-7-4-9-8(3-6(7)14)16-12(19)17-9/h1-4H,(H,15,18)(H2,16,17,19). The SMILES string of the molecule is O=C(Nc1cc2[nH]c(=O)[nH]c2cc1Br)c1sccc1Br. The maximum absolute atomic E-state index is 12.2. The van der Waals surface area contributed by atoms with E-state index in [-0.39, 0.29) is 11.6 Å². The van der Waals surface area contributed by atoms with E-state index in [9.17, 15) is 9.59 Å². The van der Waals surface area contributed by atoms with Crippen molar-refractivity contribution in [3.8, 4) is 0 Å². The van der Waals surface area contributed by atoms with Crippen LogP contribution in [0.4, 0.5) is 5.69 Å². The molecule has 0 saturated heterocycles. The highest BCUT2D eigenvalue weighted by Gasteiger charge is 2.14. The van der Waals surface area contributed by atoms with Crippen molar-refractivity contribution in [1.29, 1.82) is 0 Å². The number of H-pyrrole nitrogens is 2. The van der Waals surface area contributed by atoms with Crippen LogP contribution in [0, 0.1) is 0 Å². The van der Waals surface area contributed by atoms with Crippen LogP contribution >= 0.6 is 43.2 Å². The zero-order valence-corrected chi connectivity index (χ0v) is 13.8. The minimum absolute atomic E-state index is 0.204. The number of rotatable bonds is 2. The van der Waals surface area contributed by atoms with Gasteiger partial charge >= 0.3 is 5.69 Å². The van der Waals surface area contributed by atoms with Crippen molar-refractivity contribution in [3.05, 3.63) is 47.9 Å². The van der Waals surface area contributed by atoms with Crippen LogP contribution in [0.2, 0.25) is 0 Å². The van der Waals surface area contributed by atoms with Gasteiger partial charge in [-0.3, -0.25) is 4.79 Å². The molecule has 3 rings (SSSR count). The fourth-order valence-electron chi connectivity index (χ4n) is 1.79. The number of aromatic amines is 2. The molecule has 0 atom stereocenters. The summed E-state index contributed by atoms with van der Waals surface area (Å²) in [5.41, 5.74) is 1.63. The summed E-state index contributed by atoms with van der Waals surface area (Å²) in [5.74, 6) is -0.204. The summed E-state index contributed by atoms with van der Waals surface area (Å²) in [6.45, 7) is 0. The van der Waals surface area contributed by atoms with Gasteiger partial charge < -0.3 is 15.3 Å². The highest BCUT2D eigenvalue weighted by Crippen LogP contribution is 2.29. The first-order valence-corrected chi connectivity index (χ1v) is 7.97. The molecule has 0 radical (unpaired) electrons. The number of anilines is 1. The van der Waals surface area contributed by atoms with Crippen molar-refractivity contribution >= 4 is 65.8 Å². The van der Waals surface area contributed by atoms with E-state index in [0.717, 1.165) is 4.47 Å². The van der Waals surface area contributed by atoms with E-state index in [1.165, 1.54) is 11.3 Å². The van der Waals surface area contributed by atoms with Crippen LogP contribution in [-0.2, 0) is 0 Å². The minimum atomic E-state index is -0.281. The number of fused-ring (bicyclic) bond motifs is 1. The van der Waals surface area contributed by atoms with Crippen molar-refractivity contribution in [2.75, 3.05) is 5.32 Å². The van der Waals surface area contributed by atoms with Gasteiger partial charge in [-0.05, 0) is 55.4 Å². The van der Waals surface area contributed by atoms with Crippen LogP contribution < -0.4 is 11.0 Å². The average Bonchev–Trinajstić information content (AvgIpc) is 2.94. The summed E-state index contributed by atoms with van der Waals surface area (Å²) in [6, 6.07) is 5.27. The molecular formula is C12H7Br2N3O2S. The number of benzene rings is 1. The van der Waals surface area contributed by atoms with Gasteiger partial charge in [-0.25, -0.2) is 4.79 Å². The number of amides is 1. The number of carbonyl (C=O) groups excluding carboxylic acids is 1. The number of nitrogens with one attached hydrogen (secondary N) is 3. The van der Waals surface area contributed by atoms with Crippen molar-refractivity contribution < 1.29 is 4.79 Å². The van der Waals surface area contributed by atoms with E-state index >= 15 is 0 Å². The lowest BCUT2D eigenvalue weighted by molar-refractivity contribution is 0.103. The van der Waals surface area contributed by atoms with Gasteiger partial charge in [0, 0.05) is 8.95 Å². The lowest BCUT2D eigenvalue weighted by Gasteiger charge is -2.07. The summed E-state index contributed by atoms with van der Waals surface area (Å²) < 4.78 is 1.45.